The lowest BCUT2D eigenvalue weighted by Crippen LogP contribution is -2.69. The van der Waals surface area contributed by atoms with Crippen molar-refractivity contribution in [3.05, 3.63) is 78.0 Å². The third kappa shape index (κ3) is 6.57. The first-order valence-electron chi connectivity index (χ1n) is 20.2. The summed E-state index contributed by atoms with van der Waals surface area (Å²) in [6, 6.07) is 11.1. The highest BCUT2D eigenvalue weighted by Gasteiger charge is 2.47. The van der Waals surface area contributed by atoms with E-state index < -0.39 is 29.6 Å². The van der Waals surface area contributed by atoms with E-state index in [1.165, 1.54) is 28.9 Å². The van der Waals surface area contributed by atoms with Gasteiger partial charge in [-0.05, 0) is 50.1 Å². The number of anilines is 3. The van der Waals surface area contributed by atoms with Gasteiger partial charge in [-0.2, -0.15) is 15.1 Å². The Morgan fingerprint density at radius 3 is 2.52 bits per heavy atom. The Bertz CT molecular complexity index is 2630. The molecule has 1 N–H and O–H groups in total. The molecule has 2 aromatic carbocycles. The molecular formula is C42H45F3N12O3. The maximum atomic E-state index is 15.4. The molecule has 1 amide bonds. The van der Waals surface area contributed by atoms with E-state index in [1.54, 1.807) is 32.4 Å². The smallest absolute Gasteiger partial charge is 0.245 e. The number of fused-ring (bicyclic) bond motifs is 8. The van der Waals surface area contributed by atoms with Gasteiger partial charge in [-0.1, -0.05) is 6.07 Å². The van der Waals surface area contributed by atoms with Crippen LogP contribution in [0.3, 0.4) is 0 Å². The Labute approximate surface area is 343 Å². The molecule has 5 aliphatic rings. The first-order valence-corrected chi connectivity index (χ1v) is 20.2. The van der Waals surface area contributed by atoms with E-state index in [0.717, 1.165) is 37.6 Å². The largest absolute Gasteiger partial charge is 0.383 e. The Morgan fingerprint density at radius 1 is 0.900 bits per heavy atom. The monoisotopic (exact) mass is 822 g/mol. The molecule has 60 heavy (non-hydrogen) atoms. The quantitative estimate of drug-likeness (QED) is 0.245. The van der Waals surface area contributed by atoms with Crippen LogP contribution in [0, 0.1) is 24.4 Å². The van der Waals surface area contributed by atoms with Crippen molar-refractivity contribution in [2.45, 2.75) is 56.6 Å². The highest BCUT2D eigenvalue weighted by atomic mass is 19.1. The summed E-state index contributed by atoms with van der Waals surface area (Å²) >= 11 is 0. The average molecular weight is 823 g/mol. The minimum absolute atomic E-state index is 0.0368. The van der Waals surface area contributed by atoms with Gasteiger partial charge in [0.1, 0.15) is 40.8 Å². The second-order valence-electron chi connectivity index (χ2n) is 16.3. The van der Waals surface area contributed by atoms with Crippen molar-refractivity contribution in [3.8, 4) is 16.9 Å². The van der Waals surface area contributed by atoms with Crippen LogP contribution in [0.5, 0.6) is 0 Å². The molecule has 4 aromatic heterocycles. The number of hydrogen-bond acceptors (Lipinski definition) is 12. The summed E-state index contributed by atoms with van der Waals surface area (Å²) < 4.78 is 59.5. The number of amides is 1. The number of piperidine rings is 1. The molecule has 4 saturated heterocycles. The van der Waals surface area contributed by atoms with Crippen LogP contribution in [0.2, 0.25) is 0 Å². The fraction of sp³-hybridized carbons (Fsp3) is 0.429. The summed E-state index contributed by atoms with van der Waals surface area (Å²) in [6.07, 6.45) is 2.50. The van der Waals surface area contributed by atoms with Gasteiger partial charge in [-0.3, -0.25) is 9.69 Å². The summed E-state index contributed by atoms with van der Waals surface area (Å²) in [5.74, 6) is 0.106. The van der Waals surface area contributed by atoms with E-state index in [-0.39, 0.29) is 36.3 Å². The van der Waals surface area contributed by atoms with Crippen LogP contribution < -0.4 is 15.1 Å². The number of carbonyl (C=O) groups excluding carboxylic acids is 1. The molecule has 0 spiro atoms. The van der Waals surface area contributed by atoms with Gasteiger partial charge in [0.15, 0.2) is 11.5 Å². The van der Waals surface area contributed by atoms with Gasteiger partial charge in [0, 0.05) is 89.8 Å². The molecule has 18 heteroatoms. The van der Waals surface area contributed by atoms with Gasteiger partial charge in [0.2, 0.25) is 11.9 Å². The van der Waals surface area contributed by atoms with E-state index >= 15 is 8.78 Å². The zero-order valence-electron chi connectivity index (χ0n) is 33.7. The number of likely N-dealkylation sites (N-methyl/N-ethyl adjacent to an activating group) is 1. The minimum Gasteiger partial charge on any atom is -0.383 e. The molecule has 6 aromatic rings. The maximum absolute atomic E-state index is 15.4. The van der Waals surface area contributed by atoms with Crippen LogP contribution in [0.25, 0.3) is 39.0 Å². The lowest BCUT2D eigenvalue weighted by atomic mass is 9.88. The number of imidazole rings is 1. The topological polar surface area (TPSA) is 135 Å². The number of hydrogen-bond donors (Lipinski definition) is 1. The Morgan fingerprint density at radius 2 is 1.73 bits per heavy atom. The summed E-state index contributed by atoms with van der Waals surface area (Å²) in [6.45, 7) is 5.87. The van der Waals surface area contributed by atoms with Crippen LogP contribution in [-0.2, 0) is 20.8 Å². The Kier molecular flexibility index (Phi) is 9.59. The lowest BCUT2D eigenvalue weighted by Gasteiger charge is -2.56. The van der Waals surface area contributed by atoms with Crippen LogP contribution in [0.1, 0.15) is 18.7 Å². The summed E-state index contributed by atoms with van der Waals surface area (Å²) in [5.41, 5.74) is 2.77. The second kappa shape index (κ2) is 15.0. The number of nitrogens with zero attached hydrogens (tertiary/aromatic N) is 11. The van der Waals surface area contributed by atoms with Crippen LogP contribution in [-0.4, -0.2) is 141 Å². The van der Waals surface area contributed by atoms with E-state index in [1.807, 2.05) is 34.6 Å². The summed E-state index contributed by atoms with van der Waals surface area (Å²) in [7, 11) is 5.08. The van der Waals surface area contributed by atoms with Gasteiger partial charge in [-0.25, -0.2) is 27.8 Å². The number of pyridine rings is 1. The van der Waals surface area contributed by atoms with Gasteiger partial charge < -0.3 is 34.1 Å². The van der Waals surface area contributed by atoms with Gasteiger partial charge in [0.25, 0.3) is 0 Å². The van der Waals surface area contributed by atoms with E-state index in [2.05, 4.69) is 20.2 Å². The van der Waals surface area contributed by atoms with Crippen LogP contribution >= 0.6 is 0 Å². The number of halogens is 3. The number of nitrogens with one attached hydrogen (secondary N) is 1. The van der Waals surface area contributed by atoms with Crippen molar-refractivity contribution >= 4 is 45.6 Å². The van der Waals surface area contributed by atoms with Crippen molar-refractivity contribution < 1.29 is 27.4 Å². The van der Waals surface area contributed by atoms with Crippen molar-refractivity contribution in [2.75, 3.05) is 75.7 Å². The van der Waals surface area contributed by atoms with Crippen molar-refractivity contribution in [1.82, 2.24) is 44.1 Å². The fourth-order valence-corrected chi connectivity index (χ4v) is 9.58. The highest BCUT2D eigenvalue weighted by Crippen LogP contribution is 2.40. The molecule has 5 atom stereocenters. The molecule has 312 valence electrons. The lowest BCUT2D eigenvalue weighted by molar-refractivity contribution is -0.132. The SMILES string of the molecule is COCCN1CC2CC(C1)N2c1nc(N2C[C@@H]3C[C@H]2C(=O)N(C)C[C@H](OC)Cn2c(C)nc4cc(F)cc(c42)-c2cccc(n2)N3)c2cnn(-c3ccc(F)cc3F)c2n1. The van der Waals surface area contributed by atoms with E-state index in [9.17, 15) is 9.18 Å². The molecule has 11 rings (SSSR count). The first kappa shape index (κ1) is 38.4. The molecule has 0 aliphatic carbocycles. The predicted molar refractivity (Wildman–Crippen MR) is 219 cm³/mol. The van der Waals surface area contributed by atoms with Crippen LogP contribution in [0.4, 0.5) is 30.8 Å². The van der Waals surface area contributed by atoms with Crippen LogP contribution in [0.15, 0.2) is 54.7 Å². The number of aryl methyl sites for hydroxylation is 1. The normalized spacial score (nSPS) is 23.2. The van der Waals surface area contributed by atoms with E-state index in [0.29, 0.717) is 77.3 Å². The first-order chi connectivity index (χ1) is 29.1. The molecule has 0 saturated carbocycles. The average Bonchev–Trinajstić information content (AvgIpc) is 3.93. The molecule has 4 fully saturated rings. The molecule has 0 radical (unpaired) electrons. The van der Waals surface area contributed by atoms with Gasteiger partial charge in [0.05, 0.1) is 47.6 Å². The standard InChI is InChI=1S/C42H45F3N12O3/c1-23-47-34-14-25(44)12-30-33-6-5-7-37(49-33)48-26-15-36(41(58)52(2)21-29(60-4)22-54(23)38(30)34)55(18-26)39-31-17-46-57(35-9-8-24(43)13-32(35)45)40(31)51-42(50-39)56-27-16-28(56)20-53(19-27)10-11-59-3/h5-9,12-14,17,26-29,36H,10-11,15-16,18-22H2,1-4H3,(H,48,49)/t26-,27?,28?,29-,36-/m0/s1. The third-order valence-corrected chi connectivity index (χ3v) is 12.5. The number of carbonyl (C=O) groups is 1. The minimum atomic E-state index is -0.788. The maximum Gasteiger partial charge on any atom is 0.245 e. The molecule has 5 aliphatic heterocycles. The zero-order valence-corrected chi connectivity index (χ0v) is 33.7. The Balaban J connectivity index is 1.08. The zero-order chi connectivity index (χ0) is 41.4. The number of benzene rings is 2. The summed E-state index contributed by atoms with van der Waals surface area (Å²) in [5, 5.41) is 8.67. The molecular weight excluding hydrogens is 778 g/mol. The third-order valence-electron chi connectivity index (χ3n) is 12.5. The molecule has 2 unspecified atom stereocenters. The second-order valence-corrected chi connectivity index (χ2v) is 16.3. The van der Waals surface area contributed by atoms with Crippen molar-refractivity contribution in [2.24, 2.45) is 0 Å². The fourth-order valence-electron chi connectivity index (χ4n) is 9.58. The highest BCUT2D eigenvalue weighted by molar-refractivity contribution is 5.94. The van der Waals surface area contributed by atoms with Crippen molar-refractivity contribution in [3.63, 3.8) is 0 Å². The molecule has 9 heterocycles. The number of aromatic nitrogens is 7. The van der Waals surface area contributed by atoms with E-state index in [4.69, 9.17) is 29.4 Å². The molecule has 15 nitrogen and oxygen atoms in total. The van der Waals surface area contributed by atoms with Gasteiger partial charge in [-0.15, -0.1) is 0 Å². The number of rotatable bonds is 7. The predicted octanol–water partition coefficient (Wildman–Crippen LogP) is 4.41. The summed E-state index contributed by atoms with van der Waals surface area (Å²) in [4.78, 5) is 43.1. The number of ether oxygens (including phenoxy) is 2. The number of methoxy groups -OCH3 is 2. The number of piperazine rings is 1. The van der Waals surface area contributed by atoms with Crippen molar-refractivity contribution in [1.29, 1.82) is 0 Å². The van der Waals surface area contributed by atoms with Gasteiger partial charge >= 0.3 is 0 Å². The Hall–Kier alpha value is -5.85. The molecule has 6 bridgehead atoms.